The Bertz CT molecular complexity index is 1240. The normalized spacial score (nSPS) is 17.2. The van der Waals surface area contributed by atoms with Gasteiger partial charge in [-0.15, -0.1) is 0 Å². The second-order valence-electron chi connectivity index (χ2n) is 7.21. The molecule has 5 rings (SSSR count). The Hall–Kier alpha value is -3.46. The zero-order valence-electron chi connectivity index (χ0n) is 16.2. The number of rotatable bonds is 3. The van der Waals surface area contributed by atoms with Crippen molar-refractivity contribution in [1.29, 1.82) is 0 Å². The van der Waals surface area contributed by atoms with E-state index in [0.29, 0.717) is 37.0 Å². The van der Waals surface area contributed by atoms with E-state index in [2.05, 4.69) is 15.1 Å². The first kappa shape index (κ1) is 17.6. The van der Waals surface area contributed by atoms with Crippen LogP contribution >= 0.6 is 0 Å². The number of aryl methyl sites for hydroxylation is 1. The SMILES string of the molecule is C[C@@H]1COCCN1c1nc(-c2ccnc3[nH]ccc23)cn(-c2cnn(C)c2)c1=O. The van der Waals surface area contributed by atoms with Crippen LogP contribution in [0.2, 0.25) is 0 Å². The van der Waals surface area contributed by atoms with Crippen LogP contribution in [0.1, 0.15) is 6.92 Å². The van der Waals surface area contributed by atoms with Gasteiger partial charge in [0, 0.05) is 49.3 Å². The van der Waals surface area contributed by atoms with Crippen LogP contribution in [0, 0.1) is 0 Å². The molecule has 1 aliphatic rings. The highest BCUT2D eigenvalue weighted by molar-refractivity contribution is 5.91. The van der Waals surface area contributed by atoms with Crippen LogP contribution in [0.25, 0.3) is 28.0 Å². The number of hydrogen-bond acceptors (Lipinski definition) is 6. The zero-order valence-corrected chi connectivity index (χ0v) is 16.2. The van der Waals surface area contributed by atoms with E-state index in [1.165, 1.54) is 0 Å². The van der Waals surface area contributed by atoms with Gasteiger partial charge in [-0.25, -0.2) is 9.97 Å². The Morgan fingerprint density at radius 2 is 2.17 bits per heavy atom. The molecule has 0 bridgehead atoms. The third-order valence-corrected chi connectivity index (χ3v) is 5.23. The Morgan fingerprint density at radius 1 is 1.28 bits per heavy atom. The number of hydrogen-bond donors (Lipinski definition) is 1. The predicted octanol–water partition coefficient (Wildman–Crippen LogP) is 1.73. The smallest absolute Gasteiger partial charge is 0.298 e. The molecule has 4 aromatic rings. The van der Waals surface area contributed by atoms with Crippen molar-refractivity contribution in [3.05, 3.63) is 53.5 Å². The molecule has 0 amide bonds. The lowest BCUT2D eigenvalue weighted by atomic mass is 10.1. The van der Waals surface area contributed by atoms with Crippen molar-refractivity contribution >= 4 is 16.9 Å². The van der Waals surface area contributed by atoms with Crippen molar-refractivity contribution in [1.82, 2.24) is 29.3 Å². The summed E-state index contributed by atoms with van der Waals surface area (Å²) in [5.74, 6) is 0.419. The highest BCUT2D eigenvalue weighted by Gasteiger charge is 2.25. The maximum absolute atomic E-state index is 13.4. The predicted molar refractivity (Wildman–Crippen MR) is 109 cm³/mol. The van der Waals surface area contributed by atoms with Gasteiger partial charge in [0.25, 0.3) is 5.56 Å². The van der Waals surface area contributed by atoms with Gasteiger partial charge in [-0.3, -0.25) is 14.0 Å². The summed E-state index contributed by atoms with van der Waals surface area (Å²) in [7, 11) is 1.83. The molecule has 9 heteroatoms. The molecule has 1 atom stereocenters. The Balaban J connectivity index is 1.76. The van der Waals surface area contributed by atoms with Crippen molar-refractivity contribution in [3.63, 3.8) is 0 Å². The van der Waals surface area contributed by atoms with E-state index in [1.54, 1.807) is 27.8 Å². The van der Waals surface area contributed by atoms with E-state index in [-0.39, 0.29) is 11.6 Å². The number of nitrogens with zero attached hydrogens (tertiary/aromatic N) is 6. The van der Waals surface area contributed by atoms with Crippen LogP contribution in [0.5, 0.6) is 0 Å². The van der Waals surface area contributed by atoms with Crippen LogP contribution in [0.15, 0.2) is 47.9 Å². The first-order valence-corrected chi connectivity index (χ1v) is 9.51. The number of ether oxygens (including phenoxy) is 1. The maximum Gasteiger partial charge on any atom is 0.298 e. The standard InChI is InChI=1S/C20H21N7O2/c1-13-12-29-8-7-26(13)19-20(28)27(14-9-23-25(2)10-14)11-17(24-19)15-3-5-21-18-16(15)4-6-22-18/h3-6,9-11,13H,7-8,12H2,1-2H3,(H,21,22)/t13-/m1/s1. The van der Waals surface area contributed by atoms with Gasteiger partial charge in [-0.2, -0.15) is 5.10 Å². The molecule has 1 N–H and O–H groups in total. The molecule has 4 aromatic heterocycles. The van der Waals surface area contributed by atoms with E-state index < -0.39 is 0 Å². The molecule has 29 heavy (non-hydrogen) atoms. The van der Waals surface area contributed by atoms with Crippen molar-refractivity contribution in [2.45, 2.75) is 13.0 Å². The third kappa shape index (κ3) is 2.99. The number of anilines is 1. The van der Waals surface area contributed by atoms with Gasteiger partial charge in [0.15, 0.2) is 5.82 Å². The van der Waals surface area contributed by atoms with Crippen LogP contribution in [0.3, 0.4) is 0 Å². The molecule has 1 aliphatic heterocycles. The fourth-order valence-corrected chi connectivity index (χ4v) is 3.75. The average molecular weight is 391 g/mol. The lowest BCUT2D eigenvalue weighted by molar-refractivity contribution is 0.0984. The lowest BCUT2D eigenvalue weighted by Gasteiger charge is -2.34. The first-order chi connectivity index (χ1) is 14.1. The summed E-state index contributed by atoms with van der Waals surface area (Å²) in [6.45, 7) is 3.80. The molecule has 0 saturated carbocycles. The minimum atomic E-state index is -0.171. The third-order valence-electron chi connectivity index (χ3n) is 5.23. The van der Waals surface area contributed by atoms with E-state index >= 15 is 0 Å². The van der Waals surface area contributed by atoms with E-state index in [0.717, 1.165) is 16.6 Å². The molecular formula is C20H21N7O2. The van der Waals surface area contributed by atoms with Crippen LogP contribution < -0.4 is 10.5 Å². The fourth-order valence-electron chi connectivity index (χ4n) is 3.75. The maximum atomic E-state index is 13.4. The van der Waals surface area contributed by atoms with Crippen LogP contribution in [0.4, 0.5) is 5.82 Å². The largest absolute Gasteiger partial charge is 0.377 e. The Kier molecular flexibility index (Phi) is 4.17. The fraction of sp³-hybridized carbons (Fsp3) is 0.300. The van der Waals surface area contributed by atoms with E-state index in [9.17, 15) is 4.79 Å². The van der Waals surface area contributed by atoms with E-state index in [1.807, 2.05) is 43.4 Å². The van der Waals surface area contributed by atoms with Gasteiger partial charge < -0.3 is 14.6 Å². The van der Waals surface area contributed by atoms with Gasteiger partial charge in [-0.1, -0.05) is 0 Å². The molecule has 0 aromatic carbocycles. The summed E-state index contributed by atoms with van der Waals surface area (Å²) in [4.78, 5) is 27.7. The molecule has 0 aliphatic carbocycles. The summed E-state index contributed by atoms with van der Waals surface area (Å²) in [5.41, 5.74) is 2.92. The van der Waals surface area contributed by atoms with Gasteiger partial charge in [0.1, 0.15) is 5.65 Å². The summed E-state index contributed by atoms with van der Waals surface area (Å²) >= 11 is 0. The first-order valence-electron chi connectivity index (χ1n) is 9.51. The van der Waals surface area contributed by atoms with Crippen molar-refractivity contribution in [2.24, 2.45) is 7.05 Å². The van der Waals surface area contributed by atoms with E-state index in [4.69, 9.17) is 9.72 Å². The molecule has 0 unspecified atom stereocenters. The minimum Gasteiger partial charge on any atom is -0.377 e. The summed E-state index contributed by atoms with van der Waals surface area (Å²) in [6.07, 6.45) is 8.86. The van der Waals surface area contributed by atoms with Crippen LogP contribution in [-0.2, 0) is 11.8 Å². The minimum absolute atomic E-state index is 0.0614. The molecule has 0 spiro atoms. The Morgan fingerprint density at radius 3 is 2.97 bits per heavy atom. The monoisotopic (exact) mass is 391 g/mol. The zero-order chi connectivity index (χ0) is 20.0. The second kappa shape index (κ2) is 6.85. The number of morpholine rings is 1. The molecule has 5 heterocycles. The lowest BCUT2D eigenvalue weighted by Crippen LogP contribution is -2.47. The molecule has 1 fully saturated rings. The van der Waals surface area contributed by atoms with Crippen molar-refractivity contribution < 1.29 is 4.74 Å². The van der Waals surface area contributed by atoms with Crippen molar-refractivity contribution in [3.8, 4) is 16.9 Å². The summed E-state index contributed by atoms with van der Waals surface area (Å²) in [5, 5.41) is 5.18. The number of pyridine rings is 1. The van der Waals surface area contributed by atoms with Gasteiger partial charge in [-0.05, 0) is 19.1 Å². The summed E-state index contributed by atoms with van der Waals surface area (Å²) in [6, 6.07) is 3.95. The van der Waals surface area contributed by atoms with Crippen LogP contribution in [-0.4, -0.2) is 55.1 Å². The molecular weight excluding hydrogens is 370 g/mol. The molecule has 1 saturated heterocycles. The Labute approximate surface area is 166 Å². The summed E-state index contributed by atoms with van der Waals surface area (Å²) < 4.78 is 8.84. The van der Waals surface area contributed by atoms with Gasteiger partial charge >= 0.3 is 0 Å². The number of aromatic amines is 1. The molecule has 9 nitrogen and oxygen atoms in total. The van der Waals surface area contributed by atoms with Gasteiger partial charge in [0.2, 0.25) is 0 Å². The highest BCUT2D eigenvalue weighted by Crippen LogP contribution is 2.27. The number of fused-ring (bicyclic) bond motifs is 1. The quantitative estimate of drug-likeness (QED) is 0.572. The average Bonchev–Trinajstić information content (AvgIpc) is 3.37. The number of nitrogens with one attached hydrogen (secondary N) is 1. The molecule has 148 valence electrons. The number of H-pyrrole nitrogens is 1. The second-order valence-corrected chi connectivity index (χ2v) is 7.21. The van der Waals surface area contributed by atoms with Gasteiger partial charge in [0.05, 0.1) is 36.8 Å². The number of aromatic nitrogens is 6. The van der Waals surface area contributed by atoms with Crippen molar-refractivity contribution in [2.75, 3.05) is 24.7 Å². The highest BCUT2D eigenvalue weighted by atomic mass is 16.5. The topological polar surface area (TPSA) is 93.9 Å². The molecule has 0 radical (unpaired) electrons.